The molecule has 1 nitrogen and oxygen atoms in total. The van der Waals surface area contributed by atoms with E-state index >= 15 is 0 Å². The number of hydrogen-bond acceptors (Lipinski definition) is 1. The van der Waals surface area contributed by atoms with Crippen LogP contribution in [0.3, 0.4) is 0 Å². The topological polar surface area (TPSA) is 12.0 Å². The minimum absolute atomic E-state index is 0. The molecule has 3 rings (SSSR count). The zero-order valence-electron chi connectivity index (χ0n) is 6.49. The van der Waals surface area contributed by atoms with Crippen LogP contribution in [0.2, 0.25) is 0 Å². The van der Waals surface area contributed by atoms with Crippen LogP contribution in [0.15, 0.2) is 12.2 Å². The number of rotatable bonds is 0. The molecule has 1 heterocycles. The smallest absolute Gasteiger partial charge is 0.00114 e. The summed E-state index contributed by atoms with van der Waals surface area (Å²) in [6.07, 6.45) is 6.36. The van der Waals surface area contributed by atoms with E-state index in [2.05, 4.69) is 17.5 Å². The molecule has 0 amide bonds. The summed E-state index contributed by atoms with van der Waals surface area (Å²) >= 11 is 0. The Morgan fingerprint density at radius 1 is 1.00 bits per heavy atom. The van der Waals surface area contributed by atoms with Crippen molar-refractivity contribution in [3.8, 4) is 0 Å². The van der Waals surface area contributed by atoms with Crippen LogP contribution in [0, 0.1) is 23.7 Å². The average molecular weight is 216 g/mol. The van der Waals surface area contributed by atoms with Crippen LogP contribution in [0.5, 0.6) is 0 Å². The predicted octanol–water partition coefficient (Wildman–Crippen LogP) is 1.61. The van der Waals surface area contributed by atoms with Gasteiger partial charge < -0.3 is 5.32 Å². The fraction of sp³-hybridized carbons (Fsp3) is 0.778. The van der Waals surface area contributed by atoms with Gasteiger partial charge in [0.2, 0.25) is 0 Å². The molecule has 2 heteroatoms. The summed E-state index contributed by atoms with van der Waals surface area (Å²) in [6, 6.07) is 0. The van der Waals surface area contributed by atoms with Gasteiger partial charge in [-0.2, -0.15) is 0 Å². The summed E-state index contributed by atoms with van der Waals surface area (Å²) in [7, 11) is 0. The van der Waals surface area contributed by atoms with E-state index < -0.39 is 0 Å². The third kappa shape index (κ3) is 0.922. The molecule has 0 spiro atoms. The van der Waals surface area contributed by atoms with E-state index in [9.17, 15) is 0 Å². The van der Waals surface area contributed by atoms with Crippen LogP contribution >= 0.6 is 17.0 Å². The Labute approximate surface area is 78.0 Å². The Balaban J connectivity index is 0.000000480. The molecule has 2 aliphatic carbocycles. The first kappa shape index (κ1) is 7.81. The molecular formula is C9H14BrN. The lowest BCUT2D eigenvalue weighted by Crippen LogP contribution is -2.16. The molecule has 4 unspecified atom stereocenters. The summed E-state index contributed by atoms with van der Waals surface area (Å²) < 4.78 is 0. The van der Waals surface area contributed by atoms with Crippen LogP contribution in [-0.4, -0.2) is 13.1 Å². The molecule has 1 saturated heterocycles. The molecule has 2 bridgehead atoms. The van der Waals surface area contributed by atoms with Crippen molar-refractivity contribution in [1.29, 1.82) is 0 Å². The fourth-order valence-electron chi connectivity index (χ4n) is 3.05. The van der Waals surface area contributed by atoms with Crippen molar-refractivity contribution in [3.63, 3.8) is 0 Å². The molecule has 2 fully saturated rings. The molecule has 4 atom stereocenters. The first-order valence-corrected chi connectivity index (χ1v) is 4.34. The van der Waals surface area contributed by atoms with E-state index in [1.165, 1.54) is 19.5 Å². The Morgan fingerprint density at radius 2 is 1.55 bits per heavy atom. The Hall–Kier alpha value is 0.180. The van der Waals surface area contributed by atoms with E-state index in [4.69, 9.17) is 0 Å². The van der Waals surface area contributed by atoms with Crippen LogP contribution in [0.25, 0.3) is 0 Å². The van der Waals surface area contributed by atoms with Crippen molar-refractivity contribution in [2.75, 3.05) is 13.1 Å². The number of fused-ring (bicyclic) bond motifs is 5. The van der Waals surface area contributed by atoms with Gasteiger partial charge in [0.25, 0.3) is 0 Å². The predicted molar refractivity (Wildman–Crippen MR) is 50.9 cm³/mol. The number of hydrogen-bond donors (Lipinski definition) is 1. The molecular weight excluding hydrogens is 202 g/mol. The summed E-state index contributed by atoms with van der Waals surface area (Å²) in [5.74, 6) is 3.92. The van der Waals surface area contributed by atoms with Crippen LogP contribution < -0.4 is 5.32 Å². The Kier molecular flexibility index (Phi) is 1.84. The second kappa shape index (κ2) is 2.60. The zero-order chi connectivity index (χ0) is 6.55. The third-order valence-corrected chi connectivity index (χ3v) is 3.56. The van der Waals surface area contributed by atoms with Crippen molar-refractivity contribution in [3.05, 3.63) is 12.2 Å². The molecule has 11 heavy (non-hydrogen) atoms. The van der Waals surface area contributed by atoms with Gasteiger partial charge in [0, 0.05) is 0 Å². The van der Waals surface area contributed by atoms with E-state index in [0.29, 0.717) is 0 Å². The molecule has 0 aromatic heterocycles. The molecule has 1 saturated carbocycles. The summed E-state index contributed by atoms with van der Waals surface area (Å²) in [5.41, 5.74) is 0. The van der Waals surface area contributed by atoms with Crippen LogP contribution in [0.4, 0.5) is 0 Å². The van der Waals surface area contributed by atoms with E-state index in [-0.39, 0.29) is 17.0 Å². The zero-order valence-corrected chi connectivity index (χ0v) is 8.21. The molecule has 1 N–H and O–H groups in total. The SMILES string of the molecule is Br.C1=CC2CC1C1CNCC21. The van der Waals surface area contributed by atoms with Crippen molar-refractivity contribution in [1.82, 2.24) is 5.32 Å². The maximum atomic E-state index is 3.49. The lowest BCUT2D eigenvalue weighted by molar-refractivity contribution is 0.395. The minimum atomic E-state index is 0. The first-order valence-electron chi connectivity index (χ1n) is 4.34. The van der Waals surface area contributed by atoms with Crippen molar-refractivity contribution >= 4 is 17.0 Å². The molecule has 0 radical (unpaired) electrons. The molecule has 0 aromatic rings. The molecule has 3 aliphatic rings. The van der Waals surface area contributed by atoms with Gasteiger partial charge in [-0.1, -0.05) is 12.2 Å². The van der Waals surface area contributed by atoms with Gasteiger partial charge in [-0.05, 0) is 43.2 Å². The van der Waals surface area contributed by atoms with Crippen molar-refractivity contribution < 1.29 is 0 Å². The largest absolute Gasteiger partial charge is 0.316 e. The molecule has 0 aromatic carbocycles. The highest BCUT2D eigenvalue weighted by atomic mass is 79.9. The Bertz CT molecular complexity index is 172. The van der Waals surface area contributed by atoms with Gasteiger partial charge in [-0.3, -0.25) is 0 Å². The minimum Gasteiger partial charge on any atom is -0.316 e. The quantitative estimate of drug-likeness (QED) is 0.606. The lowest BCUT2D eigenvalue weighted by atomic mass is 9.86. The standard InChI is InChI=1S/C9H13N.BrH/c1-2-7-3-6(1)8-4-10-5-9(7)8;/h1-2,6-10H,3-5H2;1H. The van der Waals surface area contributed by atoms with Gasteiger partial charge in [0.05, 0.1) is 0 Å². The number of nitrogens with one attached hydrogen (secondary N) is 1. The van der Waals surface area contributed by atoms with E-state index in [1.54, 1.807) is 0 Å². The third-order valence-electron chi connectivity index (χ3n) is 3.56. The fourth-order valence-corrected chi connectivity index (χ4v) is 3.05. The number of halogens is 1. The van der Waals surface area contributed by atoms with Crippen molar-refractivity contribution in [2.24, 2.45) is 23.7 Å². The van der Waals surface area contributed by atoms with Gasteiger partial charge >= 0.3 is 0 Å². The second-order valence-electron chi connectivity index (χ2n) is 3.93. The Morgan fingerprint density at radius 3 is 2.09 bits per heavy atom. The number of allylic oxidation sites excluding steroid dienone is 2. The molecule has 1 aliphatic heterocycles. The maximum Gasteiger partial charge on any atom is -0.00114 e. The first-order chi connectivity index (χ1) is 4.95. The van der Waals surface area contributed by atoms with Gasteiger partial charge in [-0.15, -0.1) is 17.0 Å². The monoisotopic (exact) mass is 215 g/mol. The molecule has 62 valence electrons. The van der Waals surface area contributed by atoms with Crippen molar-refractivity contribution in [2.45, 2.75) is 6.42 Å². The normalized spacial score (nSPS) is 50.9. The van der Waals surface area contributed by atoms with Crippen LogP contribution in [0.1, 0.15) is 6.42 Å². The summed E-state index contributed by atoms with van der Waals surface area (Å²) in [6.45, 7) is 2.58. The summed E-state index contributed by atoms with van der Waals surface area (Å²) in [4.78, 5) is 0. The summed E-state index contributed by atoms with van der Waals surface area (Å²) in [5, 5.41) is 3.49. The van der Waals surface area contributed by atoms with Gasteiger partial charge in [-0.25, -0.2) is 0 Å². The van der Waals surface area contributed by atoms with Gasteiger partial charge in [0.1, 0.15) is 0 Å². The average Bonchev–Trinajstić information content (AvgIpc) is 2.60. The van der Waals surface area contributed by atoms with E-state index in [1.807, 2.05) is 0 Å². The van der Waals surface area contributed by atoms with Crippen LogP contribution in [-0.2, 0) is 0 Å². The highest BCUT2D eigenvalue weighted by molar-refractivity contribution is 8.93. The lowest BCUT2D eigenvalue weighted by Gasteiger charge is -2.17. The van der Waals surface area contributed by atoms with E-state index in [0.717, 1.165) is 23.7 Å². The second-order valence-corrected chi connectivity index (χ2v) is 3.93. The highest BCUT2D eigenvalue weighted by Crippen LogP contribution is 2.49. The maximum absolute atomic E-state index is 3.49. The van der Waals surface area contributed by atoms with Gasteiger partial charge in [0.15, 0.2) is 0 Å². The highest BCUT2D eigenvalue weighted by Gasteiger charge is 2.46.